The van der Waals surface area contributed by atoms with E-state index in [1.54, 1.807) is 0 Å². The maximum absolute atomic E-state index is 12.9. The van der Waals surface area contributed by atoms with E-state index >= 15 is 0 Å². The quantitative estimate of drug-likeness (QED) is 0.803. The number of alkyl halides is 3. The number of anilines is 1. The summed E-state index contributed by atoms with van der Waals surface area (Å²) in [5.41, 5.74) is -2.21. The lowest BCUT2D eigenvalue weighted by molar-refractivity contribution is -0.138. The molecule has 0 aromatic heterocycles. The van der Waals surface area contributed by atoms with E-state index in [0.29, 0.717) is 6.42 Å². The zero-order valence-corrected chi connectivity index (χ0v) is 11.5. The van der Waals surface area contributed by atoms with Crippen LogP contribution in [0.3, 0.4) is 0 Å². The number of hydrogen-bond acceptors (Lipinski definition) is 3. The zero-order valence-electron chi connectivity index (χ0n) is 11.5. The molecule has 7 heteroatoms. The van der Waals surface area contributed by atoms with Crippen molar-refractivity contribution in [3.05, 3.63) is 29.3 Å². The van der Waals surface area contributed by atoms with Crippen molar-refractivity contribution in [1.29, 1.82) is 0 Å². The Kier molecular flexibility index (Phi) is 3.65. The van der Waals surface area contributed by atoms with Crippen LogP contribution in [0.4, 0.5) is 18.9 Å². The molecule has 1 aliphatic carbocycles. The highest BCUT2D eigenvalue weighted by Crippen LogP contribution is 2.43. The van der Waals surface area contributed by atoms with Crippen molar-refractivity contribution in [2.24, 2.45) is 5.41 Å². The van der Waals surface area contributed by atoms with Crippen LogP contribution in [0.5, 0.6) is 0 Å². The largest absolute Gasteiger partial charge is 0.478 e. The first-order valence-electron chi connectivity index (χ1n) is 6.42. The fraction of sp³-hybridized carbons (Fsp3) is 0.500. The molecule has 0 bridgehead atoms. The van der Waals surface area contributed by atoms with Gasteiger partial charge in [0.1, 0.15) is 0 Å². The fourth-order valence-electron chi connectivity index (χ4n) is 2.40. The molecule has 2 unspecified atom stereocenters. The average Bonchev–Trinajstić information content (AvgIpc) is 2.37. The standard InChI is InChI=1S/C14H16F3NO3/c1-13(2)10(6-11(13)19)18-7-3-4-8(12(20)21)9(5-7)14(15,16)17/h3-5,10-11,18-19H,6H2,1-2H3,(H,20,21). The molecular formula is C14H16F3NO3. The van der Waals surface area contributed by atoms with Crippen LogP contribution in [0.15, 0.2) is 18.2 Å². The molecule has 1 aliphatic rings. The van der Waals surface area contributed by atoms with Gasteiger partial charge < -0.3 is 15.5 Å². The Morgan fingerprint density at radius 2 is 2.00 bits per heavy atom. The summed E-state index contributed by atoms with van der Waals surface area (Å²) < 4.78 is 38.7. The van der Waals surface area contributed by atoms with Gasteiger partial charge in [-0.3, -0.25) is 0 Å². The molecule has 116 valence electrons. The van der Waals surface area contributed by atoms with Crippen molar-refractivity contribution in [1.82, 2.24) is 0 Å². The van der Waals surface area contributed by atoms with Gasteiger partial charge in [0.25, 0.3) is 0 Å². The SMILES string of the molecule is CC1(C)C(O)CC1Nc1ccc(C(=O)O)c(C(F)(F)F)c1. The number of rotatable bonds is 3. The molecule has 1 aromatic rings. The average molecular weight is 303 g/mol. The summed E-state index contributed by atoms with van der Waals surface area (Å²) in [6.07, 6.45) is -4.80. The summed E-state index contributed by atoms with van der Waals surface area (Å²) in [6, 6.07) is 2.88. The molecule has 0 radical (unpaired) electrons. The predicted octanol–water partition coefficient (Wildman–Crippen LogP) is 2.97. The molecule has 0 aliphatic heterocycles. The zero-order chi connectivity index (χ0) is 16.0. The molecule has 0 amide bonds. The highest BCUT2D eigenvalue weighted by molar-refractivity contribution is 5.90. The Morgan fingerprint density at radius 3 is 2.43 bits per heavy atom. The number of hydrogen-bond donors (Lipinski definition) is 3. The van der Waals surface area contributed by atoms with Gasteiger partial charge in [-0.05, 0) is 24.6 Å². The molecule has 0 saturated heterocycles. The number of benzene rings is 1. The molecule has 0 heterocycles. The van der Waals surface area contributed by atoms with E-state index in [9.17, 15) is 23.1 Å². The van der Waals surface area contributed by atoms with E-state index in [0.717, 1.165) is 12.1 Å². The van der Waals surface area contributed by atoms with Crippen LogP contribution in [-0.4, -0.2) is 28.3 Å². The minimum absolute atomic E-state index is 0.163. The molecule has 3 N–H and O–H groups in total. The van der Waals surface area contributed by atoms with E-state index in [1.165, 1.54) is 6.07 Å². The number of carbonyl (C=O) groups is 1. The van der Waals surface area contributed by atoms with Gasteiger partial charge in [-0.1, -0.05) is 13.8 Å². The molecule has 0 spiro atoms. The van der Waals surface area contributed by atoms with Crippen molar-refractivity contribution in [3.63, 3.8) is 0 Å². The third kappa shape index (κ3) is 2.83. The first-order valence-corrected chi connectivity index (χ1v) is 6.42. The molecule has 1 saturated carbocycles. The third-order valence-corrected chi connectivity index (χ3v) is 4.11. The number of halogens is 3. The van der Waals surface area contributed by atoms with Crippen LogP contribution >= 0.6 is 0 Å². The molecule has 21 heavy (non-hydrogen) atoms. The first kappa shape index (κ1) is 15.6. The number of aromatic carboxylic acids is 1. The Hall–Kier alpha value is -1.76. The van der Waals surface area contributed by atoms with Crippen molar-refractivity contribution in [3.8, 4) is 0 Å². The van der Waals surface area contributed by atoms with E-state index in [2.05, 4.69) is 5.32 Å². The van der Waals surface area contributed by atoms with Crippen molar-refractivity contribution >= 4 is 11.7 Å². The van der Waals surface area contributed by atoms with Gasteiger partial charge in [-0.25, -0.2) is 4.79 Å². The summed E-state index contributed by atoms with van der Waals surface area (Å²) >= 11 is 0. The minimum atomic E-state index is -4.74. The summed E-state index contributed by atoms with van der Waals surface area (Å²) in [4.78, 5) is 10.9. The lowest BCUT2D eigenvalue weighted by Gasteiger charge is -2.49. The normalized spacial score (nSPS) is 24.3. The van der Waals surface area contributed by atoms with E-state index in [-0.39, 0.29) is 11.7 Å². The van der Waals surface area contributed by atoms with Crippen LogP contribution in [0.2, 0.25) is 0 Å². The lowest BCUT2D eigenvalue weighted by atomic mass is 9.64. The van der Waals surface area contributed by atoms with Gasteiger partial charge in [0.2, 0.25) is 0 Å². The number of carboxylic acids is 1. The van der Waals surface area contributed by atoms with Crippen LogP contribution in [-0.2, 0) is 6.18 Å². The molecule has 2 atom stereocenters. The molecule has 1 fully saturated rings. The second-order valence-corrected chi connectivity index (χ2v) is 5.83. The summed E-state index contributed by atoms with van der Waals surface area (Å²) in [6.45, 7) is 3.63. The maximum Gasteiger partial charge on any atom is 0.417 e. The number of carboxylic acid groups (broad SMARTS) is 1. The number of nitrogens with one attached hydrogen (secondary N) is 1. The van der Waals surface area contributed by atoms with Crippen molar-refractivity contribution in [2.75, 3.05) is 5.32 Å². The summed E-state index contributed by atoms with van der Waals surface area (Å²) in [7, 11) is 0. The summed E-state index contributed by atoms with van der Waals surface area (Å²) in [5.74, 6) is -1.62. The lowest BCUT2D eigenvalue weighted by Crippen LogP contribution is -2.56. The van der Waals surface area contributed by atoms with Crippen molar-refractivity contribution < 1.29 is 28.2 Å². The number of aliphatic hydroxyl groups excluding tert-OH is 1. The highest BCUT2D eigenvalue weighted by atomic mass is 19.4. The van der Waals surface area contributed by atoms with Gasteiger partial charge >= 0.3 is 12.1 Å². The minimum Gasteiger partial charge on any atom is -0.478 e. The summed E-state index contributed by atoms with van der Waals surface area (Å²) in [5, 5.41) is 21.4. The second-order valence-electron chi connectivity index (χ2n) is 5.83. The number of aliphatic hydroxyl groups is 1. The van der Waals surface area contributed by atoms with Crippen molar-refractivity contribution in [2.45, 2.75) is 38.6 Å². The second kappa shape index (κ2) is 4.91. The molecule has 4 nitrogen and oxygen atoms in total. The Morgan fingerprint density at radius 1 is 1.38 bits per heavy atom. The van der Waals surface area contributed by atoms with E-state index in [4.69, 9.17) is 5.11 Å². The van der Waals surface area contributed by atoms with Crippen LogP contribution < -0.4 is 5.32 Å². The smallest absolute Gasteiger partial charge is 0.417 e. The van der Waals surface area contributed by atoms with Gasteiger partial charge in [-0.15, -0.1) is 0 Å². The Labute approximate surface area is 119 Å². The first-order chi connectivity index (χ1) is 9.53. The van der Waals surface area contributed by atoms with Gasteiger partial charge in [0.15, 0.2) is 0 Å². The molecular weight excluding hydrogens is 287 g/mol. The third-order valence-electron chi connectivity index (χ3n) is 4.11. The Bertz CT molecular complexity index is 569. The van der Waals surface area contributed by atoms with E-state index in [1.807, 2.05) is 13.8 Å². The highest BCUT2D eigenvalue weighted by Gasteiger charge is 2.47. The monoisotopic (exact) mass is 303 g/mol. The molecule has 2 rings (SSSR count). The van der Waals surface area contributed by atoms with Crippen LogP contribution in [0, 0.1) is 5.41 Å². The maximum atomic E-state index is 12.9. The van der Waals surface area contributed by atoms with Crippen LogP contribution in [0.1, 0.15) is 36.2 Å². The van der Waals surface area contributed by atoms with Gasteiger partial charge in [-0.2, -0.15) is 13.2 Å². The topological polar surface area (TPSA) is 69.6 Å². The van der Waals surface area contributed by atoms with E-state index < -0.39 is 34.8 Å². The van der Waals surface area contributed by atoms with Gasteiger partial charge in [0, 0.05) is 17.1 Å². The predicted molar refractivity (Wildman–Crippen MR) is 70.2 cm³/mol. The molecule has 1 aromatic carbocycles. The van der Waals surface area contributed by atoms with Crippen LogP contribution in [0.25, 0.3) is 0 Å². The Balaban J connectivity index is 2.29. The van der Waals surface area contributed by atoms with Gasteiger partial charge in [0.05, 0.1) is 17.2 Å². The fourth-order valence-corrected chi connectivity index (χ4v) is 2.40.